The summed E-state index contributed by atoms with van der Waals surface area (Å²) in [6.45, 7) is 10.7. The van der Waals surface area contributed by atoms with E-state index in [2.05, 4.69) is 34.8 Å². The molecule has 1 unspecified atom stereocenters. The Kier molecular flexibility index (Phi) is 5.57. The van der Waals surface area contributed by atoms with Crippen molar-refractivity contribution in [3.8, 4) is 0 Å². The molecule has 0 aliphatic carbocycles. The smallest absolute Gasteiger partial charge is 0.0597 e. The first-order valence-corrected chi connectivity index (χ1v) is 7.80. The molecule has 2 heterocycles. The zero-order chi connectivity index (χ0) is 14.5. The number of aromatic nitrogens is 2. The highest BCUT2D eigenvalue weighted by Gasteiger charge is 2.22. The molecule has 114 valence electrons. The van der Waals surface area contributed by atoms with E-state index in [0.717, 1.165) is 51.4 Å². The molecule has 0 spiro atoms. The summed E-state index contributed by atoms with van der Waals surface area (Å²) in [4.78, 5) is 5.14. The minimum Gasteiger partial charge on any atom is -0.330 e. The topological polar surface area (TPSA) is 50.3 Å². The van der Waals surface area contributed by atoms with Crippen molar-refractivity contribution in [2.24, 2.45) is 12.8 Å². The molecule has 1 atom stereocenters. The van der Waals surface area contributed by atoms with E-state index in [1.807, 2.05) is 11.7 Å². The zero-order valence-electron chi connectivity index (χ0n) is 13.2. The van der Waals surface area contributed by atoms with Crippen molar-refractivity contribution < 1.29 is 0 Å². The van der Waals surface area contributed by atoms with Gasteiger partial charge in [0.25, 0.3) is 0 Å². The van der Waals surface area contributed by atoms with E-state index in [-0.39, 0.29) is 0 Å². The van der Waals surface area contributed by atoms with Crippen molar-refractivity contribution in [1.29, 1.82) is 0 Å². The largest absolute Gasteiger partial charge is 0.330 e. The van der Waals surface area contributed by atoms with E-state index >= 15 is 0 Å². The van der Waals surface area contributed by atoms with Gasteiger partial charge in [0.2, 0.25) is 0 Å². The van der Waals surface area contributed by atoms with Gasteiger partial charge >= 0.3 is 0 Å². The number of hydrogen-bond acceptors (Lipinski definition) is 4. The standard InChI is InChI=1S/C15H29N5/c1-4-14(5-6-16)20-9-7-19(8-10-20)12-15-11-13(2)17-18(15)3/h11,14H,4-10,12,16H2,1-3H3. The summed E-state index contributed by atoms with van der Waals surface area (Å²) in [5, 5.41) is 4.42. The monoisotopic (exact) mass is 279 g/mol. The van der Waals surface area contributed by atoms with E-state index in [4.69, 9.17) is 5.73 Å². The molecule has 1 aliphatic rings. The number of nitrogens with zero attached hydrogens (tertiary/aromatic N) is 4. The molecule has 0 radical (unpaired) electrons. The van der Waals surface area contributed by atoms with Crippen LogP contribution in [0.3, 0.4) is 0 Å². The minimum atomic E-state index is 0.668. The summed E-state index contributed by atoms with van der Waals surface area (Å²) in [5.74, 6) is 0. The fraction of sp³-hybridized carbons (Fsp3) is 0.800. The van der Waals surface area contributed by atoms with Crippen LogP contribution in [0.25, 0.3) is 0 Å². The lowest BCUT2D eigenvalue weighted by atomic mass is 10.1. The van der Waals surface area contributed by atoms with Gasteiger partial charge in [0.15, 0.2) is 0 Å². The molecule has 2 N–H and O–H groups in total. The van der Waals surface area contributed by atoms with Crippen molar-refractivity contribution in [2.45, 2.75) is 39.3 Å². The lowest BCUT2D eigenvalue weighted by Gasteiger charge is -2.39. The van der Waals surface area contributed by atoms with Crippen LogP contribution in [0.2, 0.25) is 0 Å². The summed E-state index contributed by atoms with van der Waals surface area (Å²) < 4.78 is 2.00. The van der Waals surface area contributed by atoms with Crippen molar-refractivity contribution >= 4 is 0 Å². The van der Waals surface area contributed by atoms with E-state index < -0.39 is 0 Å². The second-order valence-electron chi connectivity index (χ2n) is 5.85. The summed E-state index contributed by atoms with van der Waals surface area (Å²) >= 11 is 0. The summed E-state index contributed by atoms with van der Waals surface area (Å²) in [7, 11) is 2.03. The SMILES string of the molecule is CCC(CCN)N1CCN(Cc2cc(C)nn2C)CC1. The Bertz CT molecular complexity index is 406. The van der Waals surface area contributed by atoms with Gasteiger partial charge in [-0.05, 0) is 32.4 Å². The molecule has 5 nitrogen and oxygen atoms in total. The van der Waals surface area contributed by atoms with Crippen LogP contribution in [-0.4, -0.2) is 58.3 Å². The molecule has 0 amide bonds. The molecule has 1 aromatic rings. The average Bonchev–Trinajstić information content (AvgIpc) is 2.75. The van der Waals surface area contributed by atoms with Crippen LogP contribution in [0.1, 0.15) is 31.2 Å². The second kappa shape index (κ2) is 7.20. The zero-order valence-corrected chi connectivity index (χ0v) is 13.2. The van der Waals surface area contributed by atoms with Gasteiger partial charge in [0.1, 0.15) is 0 Å². The Balaban J connectivity index is 1.83. The number of piperazine rings is 1. The molecule has 0 bridgehead atoms. The van der Waals surface area contributed by atoms with Gasteiger partial charge in [-0.1, -0.05) is 6.92 Å². The van der Waals surface area contributed by atoms with Crippen molar-refractivity contribution in [3.63, 3.8) is 0 Å². The average molecular weight is 279 g/mol. The lowest BCUT2D eigenvalue weighted by molar-refractivity contribution is 0.0857. The number of aryl methyl sites for hydroxylation is 2. The molecular formula is C15H29N5. The molecule has 1 aromatic heterocycles. The quantitative estimate of drug-likeness (QED) is 0.843. The van der Waals surface area contributed by atoms with E-state index in [0.29, 0.717) is 6.04 Å². The number of rotatable bonds is 6. The molecular weight excluding hydrogens is 250 g/mol. The van der Waals surface area contributed by atoms with Gasteiger partial charge in [0, 0.05) is 45.8 Å². The first-order valence-electron chi connectivity index (χ1n) is 7.80. The molecule has 1 saturated heterocycles. The van der Waals surface area contributed by atoms with E-state index in [9.17, 15) is 0 Å². The van der Waals surface area contributed by atoms with Crippen LogP contribution in [0, 0.1) is 6.92 Å². The van der Waals surface area contributed by atoms with Crippen LogP contribution >= 0.6 is 0 Å². The number of hydrogen-bond donors (Lipinski definition) is 1. The first kappa shape index (κ1) is 15.5. The molecule has 20 heavy (non-hydrogen) atoms. The number of nitrogens with two attached hydrogens (primary N) is 1. The van der Waals surface area contributed by atoms with Gasteiger partial charge < -0.3 is 5.73 Å². The molecule has 2 rings (SSSR count). The van der Waals surface area contributed by atoms with Crippen LogP contribution in [-0.2, 0) is 13.6 Å². The van der Waals surface area contributed by atoms with Crippen LogP contribution in [0.5, 0.6) is 0 Å². The van der Waals surface area contributed by atoms with E-state index in [1.165, 1.54) is 12.1 Å². The maximum atomic E-state index is 5.71. The predicted molar refractivity (Wildman–Crippen MR) is 82.5 cm³/mol. The van der Waals surface area contributed by atoms with Crippen LogP contribution in [0.15, 0.2) is 6.07 Å². The van der Waals surface area contributed by atoms with Crippen molar-refractivity contribution in [2.75, 3.05) is 32.7 Å². The van der Waals surface area contributed by atoms with Crippen molar-refractivity contribution in [3.05, 3.63) is 17.5 Å². The summed E-state index contributed by atoms with van der Waals surface area (Å²) in [6.07, 6.45) is 2.33. The molecule has 1 aliphatic heterocycles. The maximum Gasteiger partial charge on any atom is 0.0597 e. The molecule has 5 heteroatoms. The molecule has 0 saturated carbocycles. The fourth-order valence-electron chi connectivity index (χ4n) is 3.17. The third kappa shape index (κ3) is 3.81. The van der Waals surface area contributed by atoms with Crippen LogP contribution < -0.4 is 5.73 Å². The Hall–Kier alpha value is -0.910. The highest BCUT2D eigenvalue weighted by molar-refractivity contribution is 5.08. The molecule has 0 aromatic carbocycles. The summed E-state index contributed by atoms with van der Waals surface area (Å²) in [6, 6.07) is 2.86. The Labute approximate surface area is 122 Å². The van der Waals surface area contributed by atoms with Crippen molar-refractivity contribution in [1.82, 2.24) is 19.6 Å². The van der Waals surface area contributed by atoms with Gasteiger partial charge in [-0.3, -0.25) is 14.5 Å². The first-order chi connectivity index (χ1) is 9.63. The normalized spacial score (nSPS) is 19.4. The highest BCUT2D eigenvalue weighted by atomic mass is 15.3. The van der Waals surface area contributed by atoms with Gasteiger partial charge in [-0.25, -0.2) is 0 Å². The Morgan fingerprint density at radius 1 is 1.30 bits per heavy atom. The second-order valence-corrected chi connectivity index (χ2v) is 5.85. The van der Waals surface area contributed by atoms with Gasteiger partial charge in [-0.2, -0.15) is 5.10 Å². The van der Waals surface area contributed by atoms with E-state index in [1.54, 1.807) is 0 Å². The summed E-state index contributed by atoms with van der Waals surface area (Å²) in [5.41, 5.74) is 8.13. The lowest BCUT2D eigenvalue weighted by Crippen LogP contribution is -2.50. The molecule has 1 fully saturated rings. The fourth-order valence-corrected chi connectivity index (χ4v) is 3.17. The third-order valence-corrected chi connectivity index (χ3v) is 4.38. The van der Waals surface area contributed by atoms with Gasteiger partial charge in [0.05, 0.1) is 11.4 Å². The third-order valence-electron chi connectivity index (χ3n) is 4.38. The Morgan fingerprint density at radius 3 is 2.50 bits per heavy atom. The highest BCUT2D eigenvalue weighted by Crippen LogP contribution is 2.14. The minimum absolute atomic E-state index is 0.668. The predicted octanol–water partition coefficient (Wildman–Crippen LogP) is 0.974. The van der Waals surface area contributed by atoms with Gasteiger partial charge in [-0.15, -0.1) is 0 Å². The van der Waals surface area contributed by atoms with Crippen LogP contribution in [0.4, 0.5) is 0 Å². The Morgan fingerprint density at radius 2 is 2.00 bits per heavy atom. The maximum absolute atomic E-state index is 5.71.